The van der Waals surface area contributed by atoms with Gasteiger partial charge in [-0.2, -0.15) is 0 Å². The van der Waals surface area contributed by atoms with Crippen LogP contribution in [0.15, 0.2) is 36.4 Å². The maximum atomic E-state index is 10.8. The lowest BCUT2D eigenvalue weighted by atomic mass is 10.2. The Morgan fingerprint density at radius 2 is 2.10 bits per heavy atom. The highest BCUT2D eigenvalue weighted by Crippen LogP contribution is 2.21. The zero-order chi connectivity index (χ0) is 14.7. The number of nitro groups is 1. The van der Waals surface area contributed by atoms with E-state index in [0.29, 0.717) is 23.1 Å². The van der Waals surface area contributed by atoms with Crippen LogP contribution in [0, 0.1) is 17.0 Å². The molecule has 0 amide bonds. The van der Waals surface area contributed by atoms with Crippen molar-refractivity contribution in [3.8, 4) is 0 Å². The van der Waals surface area contributed by atoms with E-state index in [4.69, 9.17) is 11.6 Å². The van der Waals surface area contributed by atoms with Crippen molar-refractivity contribution >= 4 is 23.1 Å². The van der Waals surface area contributed by atoms with Crippen LogP contribution in [0.25, 0.3) is 0 Å². The van der Waals surface area contributed by atoms with Crippen molar-refractivity contribution < 1.29 is 4.92 Å². The molecule has 104 valence electrons. The van der Waals surface area contributed by atoms with Crippen LogP contribution >= 0.6 is 11.6 Å². The fourth-order valence-electron chi connectivity index (χ4n) is 1.94. The van der Waals surface area contributed by atoms with Crippen molar-refractivity contribution in [3.63, 3.8) is 0 Å². The molecule has 1 heterocycles. The number of nitrogens with zero attached hydrogens (tertiary/aromatic N) is 3. The van der Waals surface area contributed by atoms with E-state index in [2.05, 4.69) is 4.98 Å². The van der Waals surface area contributed by atoms with Gasteiger partial charge in [0.25, 0.3) is 5.69 Å². The number of halogens is 1. The van der Waals surface area contributed by atoms with Gasteiger partial charge in [-0.25, -0.2) is 4.98 Å². The number of anilines is 1. The van der Waals surface area contributed by atoms with E-state index < -0.39 is 4.92 Å². The lowest BCUT2D eigenvalue weighted by Crippen LogP contribution is -2.18. The highest BCUT2D eigenvalue weighted by Gasteiger charge is 2.13. The minimum Gasteiger partial charge on any atom is -0.355 e. The van der Waals surface area contributed by atoms with Gasteiger partial charge in [-0.05, 0) is 30.7 Å². The Balaban J connectivity index is 2.19. The second kappa shape index (κ2) is 5.88. The fourth-order valence-corrected chi connectivity index (χ4v) is 2.15. The van der Waals surface area contributed by atoms with E-state index in [0.717, 1.165) is 5.56 Å². The van der Waals surface area contributed by atoms with E-state index >= 15 is 0 Å². The second-order valence-corrected chi connectivity index (χ2v) is 4.95. The quantitative estimate of drug-likeness (QED) is 0.638. The van der Waals surface area contributed by atoms with Crippen molar-refractivity contribution in [2.24, 2.45) is 0 Å². The zero-order valence-electron chi connectivity index (χ0n) is 11.2. The summed E-state index contributed by atoms with van der Waals surface area (Å²) < 4.78 is 0. The minimum absolute atomic E-state index is 0.0323. The summed E-state index contributed by atoms with van der Waals surface area (Å²) in [6.07, 6.45) is 0. The third-order valence-electron chi connectivity index (χ3n) is 2.94. The summed E-state index contributed by atoms with van der Waals surface area (Å²) in [6, 6.07) is 10.7. The Labute approximate surface area is 122 Å². The molecule has 0 radical (unpaired) electrons. The highest BCUT2D eigenvalue weighted by molar-refractivity contribution is 6.30. The van der Waals surface area contributed by atoms with Crippen LogP contribution in [0.5, 0.6) is 0 Å². The molecule has 0 fully saturated rings. The monoisotopic (exact) mass is 291 g/mol. The molecule has 5 nitrogen and oxygen atoms in total. The maximum Gasteiger partial charge on any atom is 0.290 e. The van der Waals surface area contributed by atoms with E-state index in [9.17, 15) is 10.1 Å². The molecule has 20 heavy (non-hydrogen) atoms. The Morgan fingerprint density at radius 1 is 1.35 bits per heavy atom. The number of aromatic nitrogens is 1. The number of benzene rings is 1. The zero-order valence-corrected chi connectivity index (χ0v) is 12.0. The van der Waals surface area contributed by atoms with Crippen molar-refractivity contribution in [2.75, 3.05) is 11.9 Å². The molecule has 0 bridgehead atoms. The van der Waals surface area contributed by atoms with Crippen LogP contribution in [0.3, 0.4) is 0 Å². The fraction of sp³-hybridized carbons (Fsp3) is 0.214. The first-order valence-corrected chi connectivity index (χ1v) is 6.43. The molecule has 0 atom stereocenters. The van der Waals surface area contributed by atoms with Crippen LogP contribution in [0.4, 0.5) is 11.5 Å². The van der Waals surface area contributed by atoms with E-state index in [1.54, 1.807) is 13.0 Å². The Morgan fingerprint density at radius 3 is 2.70 bits per heavy atom. The van der Waals surface area contributed by atoms with Gasteiger partial charge in [0, 0.05) is 24.7 Å². The number of rotatable bonds is 4. The molecule has 0 unspecified atom stereocenters. The smallest absolute Gasteiger partial charge is 0.290 e. The van der Waals surface area contributed by atoms with Gasteiger partial charge in [0.15, 0.2) is 0 Å². The molecule has 2 rings (SSSR count). The van der Waals surface area contributed by atoms with Crippen LogP contribution in [-0.2, 0) is 6.54 Å². The molecular formula is C14H14ClN3O2. The summed E-state index contributed by atoms with van der Waals surface area (Å²) in [5.74, 6) is 0.688. The molecule has 0 aliphatic carbocycles. The Kier molecular flexibility index (Phi) is 4.20. The molecule has 6 heteroatoms. The van der Waals surface area contributed by atoms with Gasteiger partial charge >= 0.3 is 0 Å². The molecule has 1 aromatic heterocycles. The summed E-state index contributed by atoms with van der Waals surface area (Å²) in [6.45, 7) is 2.26. The normalized spacial score (nSPS) is 10.3. The molecule has 0 aliphatic rings. The lowest BCUT2D eigenvalue weighted by Gasteiger charge is -2.18. The molecule has 0 saturated carbocycles. The van der Waals surface area contributed by atoms with E-state index in [1.165, 1.54) is 6.07 Å². The average molecular weight is 292 g/mol. The summed E-state index contributed by atoms with van der Waals surface area (Å²) >= 11 is 5.95. The SMILES string of the molecule is Cc1nc(N(C)Cc2cccc(Cl)c2)ccc1[N+](=O)[O-]. The summed E-state index contributed by atoms with van der Waals surface area (Å²) in [5, 5.41) is 11.5. The van der Waals surface area contributed by atoms with Gasteiger partial charge in [-0.15, -0.1) is 0 Å². The van der Waals surface area contributed by atoms with Crippen LogP contribution in [-0.4, -0.2) is 17.0 Å². The third-order valence-corrected chi connectivity index (χ3v) is 3.17. The first-order chi connectivity index (χ1) is 9.47. The van der Waals surface area contributed by atoms with Crippen molar-refractivity contribution in [2.45, 2.75) is 13.5 Å². The van der Waals surface area contributed by atoms with Gasteiger partial charge in [0.1, 0.15) is 11.5 Å². The molecule has 2 aromatic rings. The standard InChI is InChI=1S/C14H14ClN3O2/c1-10-13(18(19)20)6-7-14(16-10)17(2)9-11-4-3-5-12(15)8-11/h3-8H,9H2,1-2H3. The molecule has 1 aromatic carbocycles. The average Bonchev–Trinajstić information content (AvgIpc) is 2.38. The summed E-state index contributed by atoms with van der Waals surface area (Å²) in [7, 11) is 1.88. The van der Waals surface area contributed by atoms with Crippen LogP contribution in [0.1, 0.15) is 11.3 Å². The minimum atomic E-state index is -0.427. The molecule has 0 aliphatic heterocycles. The predicted octanol–water partition coefficient (Wildman–Crippen LogP) is 3.59. The van der Waals surface area contributed by atoms with E-state index in [1.807, 2.05) is 36.2 Å². The molecular weight excluding hydrogens is 278 g/mol. The first kappa shape index (κ1) is 14.3. The largest absolute Gasteiger partial charge is 0.355 e. The Hall–Kier alpha value is -2.14. The van der Waals surface area contributed by atoms with Crippen molar-refractivity contribution in [1.82, 2.24) is 4.98 Å². The van der Waals surface area contributed by atoms with Gasteiger partial charge in [0.05, 0.1) is 4.92 Å². The molecule has 0 spiro atoms. The second-order valence-electron chi connectivity index (χ2n) is 4.52. The van der Waals surface area contributed by atoms with Crippen molar-refractivity contribution in [1.29, 1.82) is 0 Å². The van der Waals surface area contributed by atoms with Gasteiger partial charge < -0.3 is 4.90 Å². The predicted molar refractivity (Wildman–Crippen MR) is 79.2 cm³/mol. The first-order valence-electron chi connectivity index (χ1n) is 6.05. The summed E-state index contributed by atoms with van der Waals surface area (Å²) in [4.78, 5) is 16.5. The number of hydrogen-bond acceptors (Lipinski definition) is 4. The van der Waals surface area contributed by atoms with Crippen LogP contribution in [0.2, 0.25) is 5.02 Å². The number of hydrogen-bond donors (Lipinski definition) is 0. The number of aryl methyl sites for hydroxylation is 1. The van der Waals surface area contributed by atoms with Crippen LogP contribution < -0.4 is 4.90 Å². The third kappa shape index (κ3) is 3.24. The highest BCUT2D eigenvalue weighted by atomic mass is 35.5. The Bertz CT molecular complexity index is 646. The number of pyridine rings is 1. The van der Waals surface area contributed by atoms with Gasteiger partial charge in [-0.1, -0.05) is 23.7 Å². The topological polar surface area (TPSA) is 59.3 Å². The molecule has 0 saturated heterocycles. The van der Waals surface area contributed by atoms with Gasteiger partial charge in [0.2, 0.25) is 0 Å². The molecule has 0 N–H and O–H groups in total. The lowest BCUT2D eigenvalue weighted by molar-refractivity contribution is -0.385. The maximum absolute atomic E-state index is 10.8. The van der Waals surface area contributed by atoms with E-state index in [-0.39, 0.29) is 5.69 Å². The van der Waals surface area contributed by atoms with Gasteiger partial charge in [-0.3, -0.25) is 10.1 Å². The summed E-state index contributed by atoms with van der Waals surface area (Å²) in [5.41, 5.74) is 1.49. The van der Waals surface area contributed by atoms with Crippen molar-refractivity contribution in [3.05, 3.63) is 62.8 Å².